The van der Waals surface area contributed by atoms with Gasteiger partial charge in [0, 0.05) is 5.54 Å². The van der Waals surface area contributed by atoms with Gasteiger partial charge in [-0.05, 0) is 84.6 Å². The van der Waals surface area contributed by atoms with Crippen molar-refractivity contribution < 1.29 is 0 Å². The third kappa shape index (κ3) is 2.85. The fraction of sp³-hybridized carbons (Fsp3) is 1.00. The standard InChI is InChI=1S/C15H30N2/c1-5-14(2,3)17-12-8-15(9-13-17)6-10-16(4)11-7-15/h5-13H2,1-4H3. The Balaban J connectivity index is 1.89. The van der Waals surface area contributed by atoms with Gasteiger partial charge in [-0.2, -0.15) is 0 Å². The van der Waals surface area contributed by atoms with Crippen LogP contribution >= 0.6 is 0 Å². The molecule has 100 valence electrons. The first-order chi connectivity index (χ1) is 7.97. The lowest BCUT2D eigenvalue weighted by molar-refractivity contribution is 0.00129. The summed E-state index contributed by atoms with van der Waals surface area (Å²) in [6, 6.07) is 0. The minimum absolute atomic E-state index is 0.410. The molecule has 2 aliphatic rings. The average Bonchev–Trinajstić information content (AvgIpc) is 2.34. The van der Waals surface area contributed by atoms with Crippen LogP contribution in [0.25, 0.3) is 0 Å². The topological polar surface area (TPSA) is 6.48 Å². The van der Waals surface area contributed by atoms with Crippen molar-refractivity contribution in [3.63, 3.8) is 0 Å². The predicted octanol–water partition coefficient (Wildman–Crippen LogP) is 2.98. The molecule has 2 fully saturated rings. The molecular formula is C15H30N2. The summed E-state index contributed by atoms with van der Waals surface area (Å²) in [6.07, 6.45) is 7.01. The van der Waals surface area contributed by atoms with Crippen molar-refractivity contribution in [3.05, 3.63) is 0 Å². The summed E-state index contributed by atoms with van der Waals surface area (Å²) in [5, 5.41) is 0. The van der Waals surface area contributed by atoms with Crippen LogP contribution in [0.2, 0.25) is 0 Å². The lowest BCUT2D eigenvalue weighted by Crippen LogP contribution is -2.52. The number of likely N-dealkylation sites (tertiary alicyclic amines) is 2. The van der Waals surface area contributed by atoms with Gasteiger partial charge in [-0.1, -0.05) is 6.92 Å². The van der Waals surface area contributed by atoms with Gasteiger partial charge < -0.3 is 4.90 Å². The van der Waals surface area contributed by atoms with Crippen LogP contribution in [0.5, 0.6) is 0 Å². The van der Waals surface area contributed by atoms with E-state index in [-0.39, 0.29) is 0 Å². The maximum Gasteiger partial charge on any atom is 0.0150 e. The number of hydrogen-bond donors (Lipinski definition) is 0. The molecule has 0 aliphatic carbocycles. The van der Waals surface area contributed by atoms with Gasteiger partial charge in [0.25, 0.3) is 0 Å². The molecule has 0 aromatic heterocycles. The van der Waals surface area contributed by atoms with Gasteiger partial charge in [0.05, 0.1) is 0 Å². The minimum Gasteiger partial charge on any atom is -0.306 e. The first-order valence-electron chi connectivity index (χ1n) is 7.41. The van der Waals surface area contributed by atoms with Gasteiger partial charge in [0.2, 0.25) is 0 Å². The van der Waals surface area contributed by atoms with E-state index in [1.165, 1.54) is 58.3 Å². The summed E-state index contributed by atoms with van der Waals surface area (Å²) in [4.78, 5) is 5.21. The molecule has 0 unspecified atom stereocenters. The van der Waals surface area contributed by atoms with E-state index in [0.29, 0.717) is 11.0 Å². The molecule has 0 aromatic carbocycles. The summed E-state index contributed by atoms with van der Waals surface area (Å²) < 4.78 is 0. The Morgan fingerprint density at radius 3 is 1.88 bits per heavy atom. The Morgan fingerprint density at radius 2 is 1.41 bits per heavy atom. The molecular weight excluding hydrogens is 208 g/mol. The first-order valence-corrected chi connectivity index (χ1v) is 7.41. The fourth-order valence-corrected chi connectivity index (χ4v) is 3.40. The van der Waals surface area contributed by atoms with E-state index in [1.54, 1.807) is 0 Å². The smallest absolute Gasteiger partial charge is 0.0150 e. The van der Waals surface area contributed by atoms with E-state index >= 15 is 0 Å². The van der Waals surface area contributed by atoms with E-state index in [0.717, 1.165) is 0 Å². The Kier molecular flexibility index (Phi) is 3.84. The maximum absolute atomic E-state index is 2.72. The zero-order valence-electron chi connectivity index (χ0n) is 12.3. The molecule has 2 heterocycles. The molecule has 0 bridgehead atoms. The SMILES string of the molecule is CCC(C)(C)N1CCC2(CCN(C)CC2)CC1. The third-order valence-corrected chi connectivity index (χ3v) is 5.59. The van der Waals surface area contributed by atoms with Crippen LogP contribution in [-0.4, -0.2) is 48.6 Å². The van der Waals surface area contributed by atoms with Crippen molar-refractivity contribution in [2.45, 2.75) is 58.4 Å². The molecule has 0 radical (unpaired) electrons. The molecule has 2 rings (SSSR count). The molecule has 17 heavy (non-hydrogen) atoms. The van der Waals surface area contributed by atoms with Gasteiger partial charge in [0.1, 0.15) is 0 Å². The zero-order valence-corrected chi connectivity index (χ0v) is 12.3. The molecule has 2 aliphatic heterocycles. The molecule has 0 amide bonds. The fourth-order valence-electron chi connectivity index (χ4n) is 3.40. The van der Waals surface area contributed by atoms with Crippen molar-refractivity contribution in [1.29, 1.82) is 0 Å². The Labute approximate surface area is 107 Å². The first kappa shape index (κ1) is 13.4. The normalized spacial score (nSPS) is 27.5. The van der Waals surface area contributed by atoms with Gasteiger partial charge in [-0.15, -0.1) is 0 Å². The van der Waals surface area contributed by atoms with Crippen molar-refractivity contribution in [1.82, 2.24) is 9.80 Å². The maximum atomic E-state index is 2.72. The highest BCUT2D eigenvalue weighted by Crippen LogP contribution is 2.42. The lowest BCUT2D eigenvalue weighted by Gasteiger charge is -2.50. The van der Waals surface area contributed by atoms with E-state index < -0.39 is 0 Å². The second kappa shape index (κ2) is 4.89. The van der Waals surface area contributed by atoms with Gasteiger partial charge in [0.15, 0.2) is 0 Å². The predicted molar refractivity (Wildman–Crippen MR) is 74.3 cm³/mol. The van der Waals surface area contributed by atoms with Crippen LogP contribution in [0.3, 0.4) is 0 Å². The highest BCUT2D eigenvalue weighted by Gasteiger charge is 2.39. The summed E-state index contributed by atoms with van der Waals surface area (Å²) in [5.74, 6) is 0. The van der Waals surface area contributed by atoms with Crippen LogP contribution in [0.15, 0.2) is 0 Å². The average molecular weight is 238 g/mol. The van der Waals surface area contributed by atoms with Gasteiger partial charge in [-0.25, -0.2) is 0 Å². The molecule has 1 spiro atoms. The third-order valence-electron chi connectivity index (χ3n) is 5.59. The summed E-state index contributed by atoms with van der Waals surface area (Å²) in [5.41, 5.74) is 1.11. The second-order valence-electron chi connectivity index (χ2n) is 6.96. The molecule has 0 N–H and O–H groups in total. The zero-order chi connectivity index (χ0) is 12.5. The van der Waals surface area contributed by atoms with Crippen LogP contribution < -0.4 is 0 Å². The van der Waals surface area contributed by atoms with E-state index in [4.69, 9.17) is 0 Å². The molecule has 2 nitrogen and oxygen atoms in total. The lowest BCUT2D eigenvalue weighted by atomic mass is 9.70. The van der Waals surface area contributed by atoms with Crippen LogP contribution in [0.1, 0.15) is 52.9 Å². The molecule has 2 saturated heterocycles. The monoisotopic (exact) mass is 238 g/mol. The minimum atomic E-state index is 0.410. The molecule has 0 atom stereocenters. The van der Waals surface area contributed by atoms with Gasteiger partial charge in [-0.3, -0.25) is 4.90 Å². The Hall–Kier alpha value is -0.0800. The molecule has 0 saturated carbocycles. The molecule has 0 aromatic rings. The van der Waals surface area contributed by atoms with Crippen molar-refractivity contribution >= 4 is 0 Å². The number of rotatable bonds is 2. The van der Waals surface area contributed by atoms with Crippen molar-refractivity contribution in [2.75, 3.05) is 33.2 Å². The van der Waals surface area contributed by atoms with Gasteiger partial charge >= 0.3 is 0 Å². The number of hydrogen-bond acceptors (Lipinski definition) is 2. The highest BCUT2D eigenvalue weighted by atomic mass is 15.2. The number of nitrogens with zero attached hydrogens (tertiary/aromatic N) is 2. The van der Waals surface area contributed by atoms with E-state index in [9.17, 15) is 0 Å². The Morgan fingerprint density at radius 1 is 0.941 bits per heavy atom. The van der Waals surface area contributed by atoms with E-state index in [1.807, 2.05) is 0 Å². The Bertz CT molecular complexity index is 242. The quantitative estimate of drug-likeness (QED) is 0.730. The van der Waals surface area contributed by atoms with Crippen molar-refractivity contribution in [3.8, 4) is 0 Å². The van der Waals surface area contributed by atoms with Crippen molar-refractivity contribution in [2.24, 2.45) is 5.41 Å². The highest BCUT2D eigenvalue weighted by molar-refractivity contribution is 4.93. The van der Waals surface area contributed by atoms with E-state index in [2.05, 4.69) is 37.6 Å². The van der Waals surface area contributed by atoms with Crippen LogP contribution in [0, 0.1) is 5.41 Å². The van der Waals surface area contributed by atoms with Crippen LogP contribution in [0.4, 0.5) is 0 Å². The molecule has 2 heteroatoms. The number of piperidine rings is 2. The summed E-state index contributed by atoms with van der Waals surface area (Å²) in [6.45, 7) is 12.4. The largest absolute Gasteiger partial charge is 0.306 e. The second-order valence-corrected chi connectivity index (χ2v) is 6.96. The van der Waals surface area contributed by atoms with Crippen LogP contribution in [-0.2, 0) is 0 Å². The summed E-state index contributed by atoms with van der Waals surface area (Å²) in [7, 11) is 2.27. The summed E-state index contributed by atoms with van der Waals surface area (Å²) >= 11 is 0.